The van der Waals surface area contributed by atoms with E-state index in [1.165, 1.54) is 12.1 Å². The van der Waals surface area contributed by atoms with Gasteiger partial charge in [0.05, 0.1) is 11.3 Å². The maximum atomic E-state index is 12.6. The van der Waals surface area contributed by atoms with Crippen molar-refractivity contribution in [3.05, 3.63) is 35.4 Å². The molecule has 1 aliphatic rings. The number of hydrogen-bond acceptors (Lipinski definition) is 4. The molecule has 0 bridgehead atoms. The van der Waals surface area contributed by atoms with Gasteiger partial charge in [-0.05, 0) is 24.1 Å². The molecule has 1 aliphatic heterocycles. The van der Waals surface area contributed by atoms with Gasteiger partial charge in [0.1, 0.15) is 9.84 Å². The van der Waals surface area contributed by atoms with Crippen LogP contribution in [0, 0.1) is 0 Å². The number of benzene rings is 1. The van der Waals surface area contributed by atoms with E-state index in [4.69, 9.17) is 0 Å². The maximum Gasteiger partial charge on any atom is 0.416 e. The standard InChI is InChI=1S/C16H22F3N3O3S/c1-26(24,25)9-7-20-15(23)21-14-6-8-22(11-14)10-12-2-4-13(5-3-12)16(17,18)19/h2-5,14H,6-11H2,1H3,(H2,20,21,23). The minimum Gasteiger partial charge on any atom is -0.337 e. The highest BCUT2D eigenvalue weighted by Crippen LogP contribution is 2.29. The van der Waals surface area contributed by atoms with Crippen LogP contribution >= 0.6 is 0 Å². The Hall–Kier alpha value is -1.81. The lowest BCUT2D eigenvalue weighted by Gasteiger charge is -2.17. The van der Waals surface area contributed by atoms with Crippen LogP contribution in [0.4, 0.5) is 18.0 Å². The molecule has 146 valence electrons. The third kappa shape index (κ3) is 6.83. The van der Waals surface area contributed by atoms with Crippen molar-refractivity contribution in [1.29, 1.82) is 0 Å². The van der Waals surface area contributed by atoms with Crippen molar-refractivity contribution >= 4 is 15.9 Å². The van der Waals surface area contributed by atoms with Crippen LogP contribution in [0.1, 0.15) is 17.5 Å². The number of urea groups is 1. The average molecular weight is 393 g/mol. The highest BCUT2D eigenvalue weighted by molar-refractivity contribution is 7.90. The number of sulfone groups is 1. The summed E-state index contributed by atoms with van der Waals surface area (Å²) in [5.74, 6) is -0.120. The Labute approximate surface area is 150 Å². The average Bonchev–Trinajstić information content (AvgIpc) is 2.92. The number of halogens is 3. The van der Waals surface area contributed by atoms with Crippen molar-refractivity contribution in [3.8, 4) is 0 Å². The van der Waals surface area contributed by atoms with Crippen molar-refractivity contribution < 1.29 is 26.4 Å². The summed E-state index contributed by atoms with van der Waals surface area (Å²) >= 11 is 0. The lowest BCUT2D eigenvalue weighted by Crippen LogP contribution is -2.44. The molecule has 10 heteroatoms. The highest BCUT2D eigenvalue weighted by atomic mass is 32.2. The zero-order valence-electron chi connectivity index (χ0n) is 14.3. The van der Waals surface area contributed by atoms with Gasteiger partial charge in [0.2, 0.25) is 0 Å². The molecule has 6 nitrogen and oxygen atoms in total. The fourth-order valence-corrected chi connectivity index (χ4v) is 3.21. The van der Waals surface area contributed by atoms with E-state index < -0.39 is 27.6 Å². The molecule has 1 aromatic rings. The van der Waals surface area contributed by atoms with Gasteiger partial charge in [-0.2, -0.15) is 13.2 Å². The van der Waals surface area contributed by atoms with Gasteiger partial charge in [-0.25, -0.2) is 13.2 Å². The Balaban J connectivity index is 1.75. The SMILES string of the molecule is CS(=O)(=O)CCNC(=O)NC1CCN(Cc2ccc(C(F)(F)F)cc2)C1. The Morgan fingerprint density at radius 3 is 2.50 bits per heavy atom. The van der Waals surface area contributed by atoms with Crippen molar-refractivity contribution in [2.75, 3.05) is 31.6 Å². The Kier molecular flexibility index (Phi) is 6.51. The number of carbonyl (C=O) groups is 1. The summed E-state index contributed by atoms with van der Waals surface area (Å²) in [7, 11) is -3.12. The summed E-state index contributed by atoms with van der Waals surface area (Å²) in [6.45, 7) is 1.86. The topological polar surface area (TPSA) is 78.5 Å². The second-order valence-corrected chi connectivity index (χ2v) is 8.71. The highest BCUT2D eigenvalue weighted by Gasteiger charge is 2.30. The third-order valence-electron chi connectivity index (χ3n) is 4.05. The molecule has 1 heterocycles. The summed E-state index contributed by atoms with van der Waals surface area (Å²) < 4.78 is 59.7. The molecule has 2 N–H and O–H groups in total. The van der Waals surface area contributed by atoms with Gasteiger partial charge < -0.3 is 10.6 Å². The van der Waals surface area contributed by atoms with Gasteiger partial charge in [0.25, 0.3) is 0 Å². The van der Waals surface area contributed by atoms with Gasteiger partial charge in [-0.15, -0.1) is 0 Å². The molecule has 2 rings (SSSR count). The van der Waals surface area contributed by atoms with Crippen LogP contribution in [0.25, 0.3) is 0 Å². The van der Waals surface area contributed by atoms with Crippen molar-refractivity contribution in [3.63, 3.8) is 0 Å². The molecule has 26 heavy (non-hydrogen) atoms. The van der Waals surface area contributed by atoms with E-state index in [9.17, 15) is 26.4 Å². The Morgan fingerprint density at radius 1 is 1.27 bits per heavy atom. The largest absolute Gasteiger partial charge is 0.416 e. The fraction of sp³-hybridized carbons (Fsp3) is 0.562. The van der Waals surface area contributed by atoms with Crippen LogP contribution in [-0.2, 0) is 22.6 Å². The van der Waals surface area contributed by atoms with Crippen LogP contribution in [0.5, 0.6) is 0 Å². The summed E-state index contributed by atoms with van der Waals surface area (Å²) in [6, 6.07) is 4.55. The quantitative estimate of drug-likeness (QED) is 0.770. The molecule has 1 saturated heterocycles. The minimum absolute atomic E-state index is 0.0483. The summed E-state index contributed by atoms with van der Waals surface area (Å²) in [5.41, 5.74) is 0.101. The first-order valence-corrected chi connectivity index (χ1v) is 10.2. The number of carbonyl (C=O) groups excluding carboxylic acids is 1. The molecule has 1 aromatic carbocycles. The third-order valence-corrected chi connectivity index (χ3v) is 5.00. The molecule has 1 unspecified atom stereocenters. The van der Waals surface area contributed by atoms with E-state index in [2.05, 4.69) is 10.6 Å². The van der Waals surface area contributed by atoms with Crippen LogP contribution < -0.4 is 10.6 Å². The molecule has 0 aliphatic carbocycles. The van der Waals surface area contributed by atoms with Crippen LogP contribution in [0.15, 0.2) is 24.3 Å². The van der Waals surface area contributed by atoms with Gasteiger partial charge in [0, 0.05) is 38.5 Å². The molecule has 0 aromatic heterocycles. The molecule has 1 atom stereocenters. The van der Waals surface area contributed by atoms with E-state index in [0.29, 0.717) is 13.1 Å². The first-order chi connectivity index (χ1) is 12.0. The van der Waals surface area contributed by atoms with Crippen molar-refractivity contribution in [1.82, 2.24) is 15.5 Å². The number of hydrogen-bond donors (Lipinski definition) is 2. The number of amides is 2. The minimum atomic E-state index is -4.34. The summed E-state index contributed by atoms with van der Waals surface area (Å²) in [5, 5.41) is 5.27. The van der Waals surface area contributed by atoms with E-state index in [1.807, 2.05) is 4.90 Å². The molecule has 0 saturated carbocycles. The number of rotatable bonds is 6. The number of alkyl halides is 3. The summed E-state index contributed by atoms with van der Waals surface area (Å²) in [6.07, 6.45) is -2.52. The number of nitrogens with one attached hydrogen (secondary N) is 2. The molecule has 0 radical (unpaired) electrons. The Bertz CT molecular complexity index is 720. The predicted octanol–water partition coefficient (Wildman–Crippen LogP) is 1.62. The molecular weight excluding hydrogens is 371 g/mol. The first-order valence-electron chi connectivity index (χ1n) is 8.13. The van der Waals surface area contributed by atoms with Gasteiger partial charge in [-0.1, -0.05) is 12.1 Å². The monoisotopic (exact) mass is 393 g/mol. The maximum absolute atomic E-state index is 12.6. The van der Waals surface area contributed by atoms with Crippen LogP contribution in [-0.4, -0.2) is 57.0 Å². The second-order valence-electron chi connectivity index (χ2n) is 6.45. The van der Waals surface area contributed by atoms with E-state index in [0.717, 1.165) is 36.9 Å². The zero-order chi connectivity index (χ0) is 19.4. The van der Waals surface area contributed by atoms with Gasteiger partial charge in [-0.3, -0.25) is 4.90 Å². The van der Waals surface area contributed by atoms with E-state index >= 15 is 0 Å². The smallest absolute Gasteiger partial charge is 0.337 e. The number of nitrogens with zero attached hydrogens (tertiary/aromatic N) is 1. The summed E-state index contributed by atoms with van der Waals surface area (Å²) in [4.78, 5) is 13.8. The van der Waals surface area contributed by atoms with E-state index in [1.54, 1.807) is 0 Å². The Morgan fingerprint density at radius 2 is 1.92 bits per heavy atom. The number of likely N-dealkylation sites (tertiary alicyclic amines) is 1. The normalized spacial score (nSPS) is 18.7. The van der Waals surface area contributed by atoms with Gasteiger partial charge in [0.15, 0.2) is 0 Å². The van der Waals surface area contributed by atoms with Crippen molar-refractivity contribution in [2.45, 2.75) is 25.2 Å². The predicted molar refractivity (Wildman–Crippen MR) is 91.4 cm³/mol. The van der Waals surface area contributed by atoms with Crippen LogP contribution in [0.2, 0.25) is 0 Å². The molecular formula is C16H22F3N3O3S. The molecule has 1 fully saturated rings. The van der Waals surface area contributed by atoms with Gasteiger partial charge >= 0.3 is 12.2 Å². The molecule has 0 spiro atoms. The lowest BCUT2D eigenvalue weighted by atomic mass is 10.1. The van der Waals surface area contributed by atoms with Crippen LogP contribution in [0.3, 0.4) is 0 Å². The first kappa shape index (κ1) is 20.5. The fourth-order valence-electron chi connectivity index (χ4n) is 2.74. The zero-order valence-corrected chi connectivity index (χ0v) is 15.2. The lowest BCUT2D eigenvalue weighted by molar-refractivity contribution is -0.137. The second kappa shape index (κ2) is 8.26. The van der Waals surface area contributed by atoms with Crippen molar-refractivity contribution in [2.24, 2.45) is 0 Å². The van der Waals surface area contributed by atoms with E-state index in [-0.39, 0.29) is 18.3 Å². The molecule has 2 amide bonds.